The molecule has 0 atom stereocenters. The molecule has 5 heteroatoms. The van der Waals surface area contributed by atoms with Crippen LogP contribution in [-0.2, 0) is 17.8 Å². The van der Waals surface area contributed by atoms with Crippen LogP contribution in [0.2, 0.25) is 0 Å². The fourth-order valence-electron chi connectivity index (χ4n) is 3.15. The number of hydrogen-bond acceptors (Lipinski definition) is 3. The highest BCUT2D eigenvalue weighted by Gasteiger charge is 2.13. The Bertz CT molecular complexity index is 1090. The molecule has 0 bridgehead atoms. The molecule has 0 saturated heterocycles. The van der Waals surface area contributed by atoms with E-state index in [1.165, 1.54) is 0 Å². The van der Waals surface area contributed by atoms with E-state index in [9.17, 15) is 9.90 Å². The number of hydrogen-bond donors (Lipinski definition) is 2. The summed E-state index contributed by atoms with van der Waals surface area (Å²) in [6.45, 7) is 0.383. The zero-order chi connectivity index (χ0) is 20.1. The molecule has 5 nitrogen and oxygen atoms in total. The van der Waals surface area contributed by atoms with E-state index in [-0.39, 0.29) is 18.1 Å². The second kappa shape index (κ2) is 8.44. The van der Waals surface area contributed by atoms with E-state index < -0.39 is 0 Å². The minimum Gasteiger partial charge on any atom is -0.508 e. The molecule has 1 heterocycles. The van der Waals surface area contributed by atoms with Crippen LogP contribution in [0.5, 0.6) is 5.75 Å². The normalized spacial score (nSPS) is 10.6. The number of nitrogens with zero attached hydrogens (tertiary/aromatic N) is 2. The fourth-order valence-corrected chi connectivity index (χ4v) is 3.15. The van der Waals surface area contributed by atoms with Gasteiger partial charge in [-0.3, -0.25) is 4.79 Å². The van der Waals surface area contributed by atoms with E-state index in [0.29, 0.717) is 6.54 Å². The molecule has 0 fully saturated rings. The van der Waals surface area contributed by atoms with Gasteiger partial charge in [-0.15, -0.1) is 0 Å². The number of benzene rings is 3. The van der Waals surface area contributed by atoms with Gasteiger partial charge in [-0.25, -0.2) is 4.68 Å². The van der Waals surface area contributed by atoms with E-state index in [2.05, 4.69) is 5.32 Å². The van der Waals surface area contributed by atoms with Gasteiger partial charge in [0.1, 0.15) is 5.75 Å². The lowest BCUT2D eigenvalue weighted by Crippen LogP contribution is -2.24. The second-order valence-corrected chi connectivity index (χ2v) is 6.77. The topological polar surface area (TPSA) is 67.2 Å². The van der Waals surface area contributed by atoms with E-state index in [1.54, 1.807) is 24.3 Å². The standard InChI is InChI=1S/C24H21N3O2/c28-22-13-11-18(12-14-22)15-23(29)25-16-20-17-27(21-9-5-2-6-10-21)26-24(20)19-7-3-1-4-8-19/h1-14,17,28H,15-16H2,(H,25,29). The zero-order valence-electron chi connectivity index (χ0n) is 15.8. The molecule has 0 spiro atoms. The number of nitrogens with one attached hydrogen (secondary N) is 1. The SMILES string of the molecule is O=C(Cc1ccc(O)cc1)NCc1cn(-c2ccccc2)nc1-c1ccccc1. The van der Waals surface area contributed by atoms with Gasteiger partial charge in [0, 0.05) is 23.9 Å². The number of carbonyl (C=O) groups excluding carboxylic acids is 1. The van der Waals surface area contributed by atoms with Crippen LogP contribution in [0.4, 0.5) is 0 Å². The summed E-state index contributed by atoms with van der Waals surface area (Å²) >= 11 is 0. The van der Waals surface area contributed by atoms with Crippen molar-refractivity contribution in [3.8, 4) is 22.7 Å². The lowest BCUT2D eigenvalue weighted by atomic mass is 10.1. The number of rotatable bonds is 6. The van der Waals surface area contributed by atoms with E-state index in [4.69, 9.17) is 5.10 Å². The van der Waals surface area contributed by atoms with Crippen molar-refractivity contribution in [1.29, 1.82) is 0 Å². The molecule has 0 radical (unpaired) electrons. The highest BCUT2D eigenvalue weighted by molar-refractivity contribution is 5.79. The predicted molar refractivity (Wildman–Crippen MR) is 113 cm³/mol. The van der Waals surface area contributed by atoms with Crippen LogP contribution >= 0.6 is 0 Å². The van der Waals surface area contributed by atoms with Crippen molar-refractivity contribution >= 4 is 5.91 Å². The van der Waals surface area contributed by atoms with Crippen molar-refractivity contribution < 1.29 is 9.90 Å². The first-order chi connectivity index (χ1) is 14.2. The zero-order valence-corrected chi connectivity index (χ0v) is 15.8. The molecule has 4 aromatic rings. The Balaban J connectivity index is 1.54. The van der Waals surface area contributed by atoms with E-state index in [1.807, 2.05) is 71.5 Å². The molecular formula is C24H21N3O2. The largest absolute Gasteiger partial charge is 0.508 e. The summed E-state index contributed by atoms with van der Waals surface area (Å²) in [5.74, 6) is 0.108. The van der Waals surface area contributed by atoms with Crippen LogP contribution in [-0.4, -0.2) is 20.8 Å². The molecule has 1 aromatic heterocycles. The van der Waals surface area contributed by atoms with Gasteiger partial charge in [0.05, 0.1) is 17.8 Å². The molecule has 2 N–H and O–H groups in total. The summed E-state index contributed by atoms with van der Waals surface area (Å²) in [7, 11) is 0. The van der Waals surface area contributed by atoms with E-state index >= 15 is 0 Å². The third kappa shape index (κ3) is 4.52. The number of aromatic hydroxyl groups is 1. The molecule has 0 unspecified atom stereocenters. The first-order valence-electron chi connectivity index (χ1n) is 9.43. The van der Waals surface area contributed by atoms with Gasteiger partial charge in [-0.1, -0.05) is 60.7 Å². The number of para-hydroxylation sites is 1. The summed E-state index contributed by atoms with van der Waals surface area (Å²) < 4.78 is 1.84. The highest BCUT2D eigenvalue weighted by Crippen LogP contribution is 2.23. The molecule has 0 aliphatic heterocycles. The Hall–Kier alpha value is -3.86. The van der Waals surface area contributed by atoms with Gasteiger partial charge in [0.15, 0.2) is 0 Å². The van der Waals surface area contributed by atoms with Crippen molar-refractivity contribution in [3.05, 3.63) is 102 Å². The van der Waals surface area contributed by atoms with Crippen molar-refractivity contribution in [3.63, 3.8) is 0 Å². The van der Waals surface area contributed by atoms with E-state index in [0.717, 1.165) is 28.1 Å². The summed E-state index contributed by atoms with van der Waals surface area (Å²) in [5.41, 5.74) is 4.61. The lowest BCUT2D eigenvalue weighted by molar-refractivity contribution is -0.120. The predicted octanol–water partition coefficient (Wildman–Crippen LogP) is 4.10. The maximum atomic E-state index is 12.4. The van der Waals surface area contributed by atoms with Crippen LogP contribution in [0.3, 0.4) is 0 Å². The summed E-state index contributed by atoms with van der Waals surface area (Å²) in [6, 6.07) is 26.5. The molecule has 4 rings (SSSR count). The Morgan fingerprint density at radius 3 is 2.24 bits per heavy atom. The molecule has 29 heavy (non-hydrogen) atoms. The summed E-state index contributed by atoms with van der Waals surface area (Å²) in [5, 5.41) is 17.1. The Kier molecular flexibility index (Phi) is 5.38. The third-order valence-electron chi connectivity index (χ3n) is 4.64. The van der Waals surface area contributed by atoms with Crippen LogP contribution in [0.1, 0.15) is 11.1 Å². The van der Waals surface area contributed by atoms with Gasteiger partial charge in [0.25, 0.3) is 0 Å². The van der Waals surface area contributed by atoms with Gasteiger partial charge in [-0.05, 0) is 29.8 Å². The maximum absolute atomic E-state index is 12.4. The molecule has 3 aromatic carbocycles. The number of phenolic OH excluding ortho intramolecular Hbond substituents is 1. The van der Waals surface area contributed by atoms with Crippen molar-refractivity contribution in [2.75, 3.05) is 0 Å². The number of phenols is 1. The Morgan fingerprint density at radius 2 is 1.55 bits per heavy atom. The van der Waals surface area contributed by atoms with Gasteiger partial charge >= 0.3 is 0 Å². The number of amides is 1. The smallest absolute Gasteiger partial charge is 0.224 e. The maximum Gasteiger partial charge on any atom is 0.224 e. The molecule has 0 saturated carbocycles. The quantitative estimate of drug-likeness (QED) is 0.527. The monoisotopic (exact) mass is 383 g/mol. The van der Waals surface area contributed by atoms with Gasteiger partial charge in [0.2, 0.25) is 5.91 Å². The molecule has 0 aliphatic carbocycles. The number of aromatic nitrogens is 2. The summed E-state index contributed by atoms with van der Waals surface area (Å²) in [4.78, 5) is 12.4. The molecule has 1 amide bonds. The second-order valence-electron chi connectivity index (χ2n) is 6.77. The highest BCUT2D eigenvalue weighted by atomic mass is 16.3. The first-order valence-corrected chi connectivity index (χ1v) is 9.43. The average molecular weight is 383 g/mol. The third-order valence-corrected chi connectivity index (χ3v) is 4.64. The number of carbonyl (C=O) groups is 1. The van der Waals surface area contributed by atoms with Crippen molar-refractivity contribution in [2.24, 2.45) is 0 Å². The minimum absolute atomic E-state index is 0.0813. The van der Waals surface area contributed by atoms with Crippen LogP contribution < -0.4 is 5.32 Å². The van der Waals surface area contributed by atoms with Crippen molar-refractivity contribution in [1.82, 2.24) is 15.1 Å². The first kappa shape index (κ1) is 18.5. The van der Waals surface area contributed by atoms with Crippen molar-refractivity contribution in [2.45, 2.75) is 13.0 Å². The summed E-state index contributed by atoms with van der Waals surface area (Å²) in [6.07, 6.45) is 2.21. The van der Waals surface area contributed by atoms with Gasteiger partial charge in [-0.2, -0.15) is 5.10 Å². The Labute approximate surface area is 169 Å². The minimum atomic E-state index is -0.0813. The molecule has 0 aliphatic rings. The molecule has 144 valence electrons. The van der Waals surface area contributed by atoms with Crippen LogP contribution in [0, 0.1) is 0 Å². The fraction of sp³-hybridized carbons (Fsp3) is 0.0833. The van der Waals surface area contributed by atoms with Crippen LogP contribution in [0.15, 0.2) is 91.1 Å². The van der Waals surface area contributed by atoms with Gasteiger partial charge < -0.3 is 10.4 Å². The average Bonchev–Trinajstić information content (AvgIpc) is 3.20. The molecular weight excluding hydrogens is 362 g/mol. The Morgan fingerprint density at radius 1 is 0.897 bits per heavy atom. The lowest BCUT2D eigenvalue weighted by Gasteiger charge is -2.06. The van der Waals surface area contributed by atoms with Crippen LogP contribution in [0.25, 0.3) is 16.9 Å².